The Bertz CT molecular complexity index is 915. The summed E-state index contributed by atoms with van der Waals surface area (Å²) >= 11 is 1.85. The highest BCUT2D eigenvalue weighted by Gasteiger charge is 2.38. The lowest BCUT2D eigenvalue weighted by atomic mass is 9.76. The minimum absolute atomic E-state index is 0.0236. The van der Waals surface area contributed by atoms with Crippen molar-refractivity contribution in [2.24, 2.45) is 0 Å². The van der Waals surface area contributed by atoms with Gasteiger partial charge in [-0.2, -0.15) is 0 Å². The second-order valence-electron chi connectivity index (χ2n) is 8.27. The number of carbonyl (C=O) groups is 2. The quantitative estimate of drug-likeness (QED) is 0.493. The van der Waals surface area contributed by atoms with Gasteiger partial charge in [0.1, 0.15) is 5.75 Å². The van der Waals surface area contributed by atoms with Crippen LogP contribution in [0.25, 0.3) is 0 Å². The Labute approximate surface area is 170 Å². The Kier molecular flexibility index (Phi) is 5.57. The third kappa shape index (κ3) is 4.41. The fourth-order valence-electron chi connectivity index (χ4n) is 3.84. The third-order valence-corrected chi connectivity index (χ3v) is 6.03. The van der Waals surface area contributed by atoms with Gasteiger partial charge in [0.25, 0.3) is 0 Å². The number of carbonyl (C=O) groups excluding carboxylic acids is 2. The number of fused-ring (bicyclic) bond motifs is 1. The SMILES string of the molecule is CCOC(=O)c1cccc(OC(=O)c2ccc3c(c2)C(C)(C)CC(C)(C)S3)c1. The predicted molar refractivity (Wildman–Crippen MR) is 111 cm³/mol. The standard InChI is InChI=1S/C23H26O4S/c1-6-26-20(24)15-8-7-9-17(12-15)27-21(25)16-10-11-19-18(13-16)22(2,3)14-23(4,5)28-19/h7-13H,6,14H2,1-5H3. The molecule has 5 heteroatoms. The van der Waals surface area contributed by atoms with Crippen LogP contribution in [0.3, 0.4) is 0 Å². The molecule has 4 nitrogen and oxygen atoms in total. The molecule has 0 aromatic heterocycles. The molecule has 28 heavy (non-hydrogen) atoms. The van der Waals surface area contributed by atoms with E-state index in [9.17, 15) is 9.59 Å². The summed E-state index contributed by atoms with van der Waals surface area (Å²) in [5.41, 5.74) is 2.02. The van der Waals surface area contributed by atoms with Gasteiger partial charge in [-0.25, -0.2) is 9.59 Å². The van der Waals surface area contributed by atoms with Crippen LogP contribution in [-0.4, -0.2) is 23.3 Å². The van der Waals surface area contributed by atoms with Gasteiger partial charge in [-0.3, -0.25) is 0 Å². The van der Waals surface area contributed by atoms with Crippen LogP contribution in [0.1, 0.15) is 67.3 Å². The molecule has 2 aromatic rings. The zero-order valence-electron chi connectivity index (χ0n) is 17.0. The van der Waals surface area contributed by atoms with Crippen molar-refractivity contribution in [2.45, 2.75) is 56.1 Å². The Morgan fingerprint density at radius 3 is 2.43 bits per heavy atom. The number of benzene rings is 2. The highest BCUT2D eigenvalue weighted by molar-refractivity contribution is 8.00. The molecule has 1 aliphatic rings. The molecule has 1 heterocycles. The molecular weight excluding hydrogens is 372 g/mol. The first kappa shape index (κ1) is 20.5. The van der Waals surface area contributed by atoms with Crippen LogP contribution in [-0.2, 0) is 10.2 Å². The number of rotatable bonds is 4. The van der Waals surface area contributed by atoms with Crippen LogP contribution in [0, 0.1) is 0 Å². The van der Waals surface area contributed by atoms with Gasteiger partial charge in [0.05, 0.1) is 17.7 Å². The van der Waals surface area contributed by atoms with E-state index in [0.717, 1.165) is 6.42 Å². The van der Waals surface area contributed by atoms with Gasteiger partial charge >= 0.3 is 11.9 Å². The Balaban J connectivity index is 1.83. The van der Waals surface area contributed by atoms with Crippen molar-refractivity contribution >= 4 is 23.7 Å². The molecule has 0 fully saturated rings. The molecular formula is C23H26O4S. The molecule has 0 atom stereocenters. The van der Waals surface area contributed by atoms with Gasteiger partial charge < -0.3 is 9.47 Å². The summed E-state index contributed by atoms with van der Waals surface area (Å²) in [7, 11) is 0. The summed E-state index contributed by atoms with van der Waals surface area (Å²) in [6, 6.07) is 12.2. The third-order valence-electron chi connectivity index (χ3n) is 4.75. The van der Waals surface area contributed by atoms with Gasteiger partial charge in [-0.1, -0.05) is 33.8 Å². The normalized spacial score (nSPS) is 16.8. The van der Waals surface area contributed by atoms with Gasteiger partial charge in [-0.15, -0.1) is 11.8 Å². The van der Waals surface area contributed by atoms with E-state index in [-0.39, 0.29) is 10.2 Å². The molecule has 2 aromatic carbocycles. The first-order valence-corrected chi connectivity index (χ1v) is 10.3. The van der Waals surface area contributed by atoms with E-state index in [1.807, 2.05) is 23.9 Å². The molecule has 0 bridgehead atoms. The molecule has 0 saturated carbocycles. The zero-order chi connectivity index (χ0) is 20.5. The number of hydrogen-bond acceptors (Lipinski definition) is 5. The Morgan fingerprint density at radius 1 is 1.00 bits per heavy atom. The van der Waals surface area contributed by atoms with Crippen LogP contribution in [0.2, 0.25) is 0 Å². The van der Waals surface area contributed by atoms with Gasteiger partial charge in [0, 0.05) is 9.64 Å². The molecule has 0 spiro atoms. The second kappa shape index (κ2) is 7.63. The van der Waals surface area contributed by atoms with E-state index in [2.05, 4.69) is 27.7 Å². The maximum Gasteiger partial charge on any atom is 0.343 e. The van der Waals surface area contributed by atoms with Crippen molar-refractivity contribution in [1.82, 2.24) is 0 Å². The first-order chi connectivity index (χ1) is 13.1. The summed E-state index contributed by atoms with van der Waals surface area (Å²) in [5, 5.41) is 0. The van der Waals surface area contributed by atoms with Crippen molar-refractivity contribution in [3.05, 3.63) is 59.2 Å². The molecule has 0 amide bonds. The van der Waals surface area contributed by atoms with Crippen LogP contribution in [0.4, 0.5) is 0 Å². The lowest BCUT2D eigenvalue weighted by Crippen LogP contribution is -2.33. The number of hydrogen-bond donors (Lipinski definition) is 0. The molecule has 0 N–H and O–H groups in total. The molecule has 1 aliphatic heterocycles. The van der Waals surface area contributed by atoms with Crippen molar-refractivity contribution in [2.75, 3.05) is 6.61 Å². The summed E-state index contributed by atoms with van der Waals surface area (Å²) in [6.07, 6.45) is 1.03. The summed E-state index contributed by atoms with van der Waals surface area (Å²) in [5.74, 6) is -0.548. The highest BCUT2D eigenvalue weighted by Crippen LogP contribution is 2.51. The van der Waals surface area contributed by atoms with E-state index in [0.29, 0.717) is 23.5 Å². The van der Waals surface area contributed by atoms with Crippen molar-refractivity contribution in [1.29, 1.82) is 0 Å². The van der Waals surface area contributed by atoms with Gasteiger partial charge in [-0.05, 0) is 60.7 Å². The van der Waals surface area contributed by atoms with Gasteiger partial charge in [0.15, 0.2) is 0 Å². The average Bonchev–Trinajstić information content (AvgIpc) is 2.60. The summed E-state index contributed by atoms with van der Waals surface area (Å²) in [4.78, 5) is 25.8. The lowest BCUT2D eigenvalue weighted by molar-refractivity contribution is 0.0524. The molecule has 0 unspecified atom stereocenters. The lowest BCUT2D eigenvalue weighted by Gasteiger charge is -2.41. The van der Waals surface area contributed by atoms with Crippen LogP contribution in [0.15, 0.2) is 47.4 Å². The zero-order valence-corrected chi connectivity index (χ0v) is 17.8. The topological polar surface area (TPSA) is 52.6 Å². The van der Waals surface area contributed by atoms with Crippen LogP contribution in [0.5, 0.6) is 5.75 Å². The van der Waals surface area contributed by atoms with Crippen molar-refractivity contribution in [3.63, 3.8) is 0 Å². The number of esters is 2. The number of ether oxygens (including phenoxy) is 2. The maximum absolute atomic E-state index is 12.7. The average molecular weight is 399 g/mol. The number of thioether (sulfide) groups is 1. The Morgan fingerprint density at radius 2 is 1.71 bits per heavy atom. The van der Waals surface area contributed by atoms with Crippen molar-refractivity contribution in [3.8, 4) is 5.75 Å². The van der Waals surface area contributed by atoms with E-state index in [4.69, 9.17) is 9.47 Å². The maximum atomic E-state index is 12.7. The summed E-state index contributed by atoms with van der Waals surface area (Å²) < 4.78 is 10.7. The monoisotopic (exact) mass is 398 g/mol. The van der Waals surface area contributed by atoms with Crippen molar-refractivity contribution < 1.29 is 19.1 Å². The molecule has 0 radical (unpaired) electrons. The van der Waals surface area contributed by atoms with Crippen LogP contribution >= 0.6 is 11.8 Å². The second-order valence-corrected chi connectivity index (χ2v) is 10.0. The van der Waals surface area contributed by atoms with E-state index < -0.39 is 11.9 Å². The highest BCUT2D eigenvalue weighted by atomic mass is 32.2. The molecule has 3 rings (SSSR count). The van der Waals surface area contributed by atoms with Crippen LogP contribution < -0.4 is 4.74 Å². The van der Waals surface area contributed by atoms with E-state index >= 15 is 0 Å². The largest absolute Gasteiger partial charge is 0.462 e. The fraction of sp³-hybridized carbons (Fsp3) is 0.391. The first-order valence-electron chi connectivity index (χ1n) is 9.44. The predicted octanol–water partition coefficient (Wildman–Crippen LogP) is 5.63. The minimum atomic E-state index is -0.436. The fourth-order valence-corrected chi connectivity index (χ4v) is 5.44. The molecule has 0 saturated heterocycles. The van der Waals surface area contributed by atoms with E-state index in [1.54, 1.807) is 31.2 Å². The van der Waals surface area contributed by atoms with E-state index in [1.165, 1.54) is 16.5 Å². The Hall–Kier alpha value is -2.27. The smallest absolute Gasteiger partial charge is 0.343 e. The molecule has 148 valence electrons. The van der Waals surface area contributed by atoms with Gasteiger partial charge in [0.2, 0.25) is 0 Å². The minimum Gasteiger partial charge on any atom is -0.462 e. The summed E-state index contributed by atoms with van der Waals surface area (Å²) in [6.45, 7) is 11.0. The molecule has 0 aliphatic carbocycles.